The predicted octanol–water partition coefficient (Wildman–Crippen LogP) is 3.84. The quantitative estimate of drug-likeness (QED) is 0.499. The summed E-state index contributed by atoms with van der Waals surface area (Å²) in [6, 6.07) is 7.74. The van der Waals surface area contributed by atoms with E-state index in [2.05, 4.69) is 5.16 Å². The molecule has 1 saturated carbocycles. The van der Waals surface area contributed by atoms with E-state index >= 15 is 0 Å². The van der Waals surface area contributed by atoms with Crippen molar-refractivity contribution in [2.75, 3.05) is 6.61 Å². The Bertz CT molecular complexity index is 409. The van der Waals surface area contributed by atoms with Gasteiger partial charge >= 0.3 is 0 Å². The first-order valence-corrected chi connectivity index (χ1v) is 6.72. The van der Waals surface area contributed by atoms with Gasteiger partial charge in [0.2, 0.25) is 0 Å². The summed E-state index contributed by atoms with van der Waals surface area (Å²) < 4.78 is 5.91. The summed E-state index contributed by atoms with van der Waals surface area (Å²) in [5.41, 5.74) is 1.46. The van der Waals surface area contributed by atoms with Gasteiger partial charge in [-0.2, -0.15) is 0 Å². The van der Waals surface area contributed by atoms with Gasteiger partial charge in [-0.25, -0.2) is 0 Å². The third-order valence-corrected chi connectivity index (χ3v) is 3.63. The summed E-state index contributed by atoms with van der Waals surface area (Å²) in [4.78, 5) is 0. The molecule has 98 valence electrons. The van der Waals surface area contributed by atoms with Crippen molar-refractivity contribution in [3.05, 3.63) is 29.8 Å². The smallest absolute Gasteiger partial charge is 0.128 e. The van der Waals surface area contributed by atoms with Crippen molar-refractivity contribution in [2.24, 2.45) is 11.1 Å². The van der Waals surface area contributed by atoms with Crippen molar-refractivity contribution in [1.29, 1.82) is 0 Å². The molecule has 1 aliphatic rings. The molecule has 3 heteroatoms. The van der Waals surface area contributed by atoms with Gasteiger partial charge in [-0.05, 0) is 37.8 Å². The van der Waals surface area contributed by atoms with E-state index in [0.717, 1.165) is 17.9 Å². The van der Waals surface area contributed by atoms with Crippen LogP contribution in [0, 0.1) is 5.92 Å². The Morgan fingerprint density at radius 3 is 2.72 bits per heavy atom. The van der Waals surface area contributed by atoms with Crippen molar-refractivity contribution in [3.8, 4) is 5.75 Å². The van der Waals surface area contributed by atoms with Crippen LogP contribution in [0.15, 0.2) is 29.4 Å². The summed E-state index contributed by atoms with van der Waals surface area (Å²) in [6.07, 6.45) is 6.56. The van der Waals surface area contributed by atoms with E-state index in [-0.39, 0.29) is 0 Å². The zero-order chi connectivity index (χ0) is 12.8. The number of para-hydroxylation sites is 1. The highest BCUT2D eigenvalue weighted by Crippen LogP contribution is 2.26. The Labute approximate surface area is 108 Å². The SMILES string of the molecule is C/C(=N\O)c1ccccc1OCC1CCCCC1. The number of hydrogen-bond acceptors (Lipinski definition) is 3. The fourth-order valence-electron chi connectivity index (χ4n) is 2.51. The van der Waals surface area contributed by atoms with Crippen LogP contribution in [0.3, 0.4) is 0 Å². The molecule has 0 aromatic heterocycles. The van der Waals surface area contributed by atoms with Gasteiger partial charge in [0, 0.05) is 5.56 Å². The molecular formula is C15H21NO2. The predicted molar refractivity (Wildman–Crippen MR) is 72.5 cm³/mol. The molecule has 1 aromatic carbocycles. The zero-order valence-electron chi connectivity index (χ0n) is 10.9. The van der Waals surface area contributed by atoms with E-state index in [1.54, 1.807) is 6.92 Å². The van der Waals surface area contributed by atoms with Crippen LogP contribution in [0.5, 0.6) is 5.75 Å². The second kappa shape index (κ2) is 6.43. The van der Waals surface area contributed by atoms with Gasteiger partial charge in [0.1, 0.15) is 5.75 Å². The standard InChI is InChI=1S/C15H21NO2/c1-12(16-17)14-9-5-6-10-15(14)18-11-13-7-3-2-4-8-13/h5-6,9-10,13,17H,2-4,7-8,11H2,1H3/b16-12+. The summed E-state index contributed by atoms with van der Waals surface area (Å²) in [5.74, 6) is 1.50. The lowest BCUT2D eigenvalue weighted by molar-refractivity contribution is 0.208. The Hall–Kier alpha value is -1.51. The fourth-order valence-corrected chi connectivity index (χ4v) is 2.51. The van der Waals surface area contributed by atoms with Crippen LogP contribution in [0.1, 0.15) is 44.6 Å². The van der Waals surface area contributed by atoms with E-state index in [9.17, 15) is 0 Å². The molecule has 18 heavy (non-hydrogen) atoms. The molecule has 3 nitrogen and oxygen atoms in total. The van der Waals surface area contributed by atoms with Crippen molar-refractivity contribution in [1.82, 2.24) is 0 Å². The van der Waals surface area contributed by atoms with E-state index in [1.807, 2.05) is 24.3 Å². The molecule has 0 unspecified atom stereocenters. The van der Waals surface area contributed by atoms with E-state index in [4.69, 9.17) is 9.94 Å². The maximum atomic E-state index is 8.86. The normalized spacial score (nSPS) is 17.7. The molecule has 1 aromatic rings. The maximum Gasteiger partial charge on any atom is 0.128 e. The highest BCUT2D eigenvalue weighted by Gasteiger charge is 2.15. The van der Waals surface area contributed by atoms with Gasteiger partial charge in [-0.3, -0.25) is 0 Å². The molecule has 0 spiro atoms. The van der Waals surface area contributed by atoms with Crippen molar-refractivity contribution < 1.29 is 9.94 Å². The minimum atomic E-state index is 0.592. The number of hydrogen-bond donors (Lipinski definition) is 1. The highest BCUT2D eigenvalue weighted by molar-refractivity contribution is 6.00. The van der Waals surface area contributed by atoms with Crippen LogP contribution in [-0.2, 0) is 0 Å². The lowest BCUT2D eigenvalue weighted by atomic mass is 9.90. The van der Waals surface area contributed by atoms with Crippen molar-refractivity contribution in [2.45, 2.75) is 39.0 Å². The molecule has 1 N–H and O–H groups in total. The Morgan fingerprint density at radius 2 is 2.00 bits per heavy atom. The third kappa shape index (κ3) is 3.25. The molecular weight excluding hydrogens is 226 g/mol. The Morgan fingerprint density at radius 1 is 1.28 bits per heavy atom. The Balaban J connectivity index is 2.00. The lowest BCUT2D eigenvalue weighted by Crippen LogP contribution is -2.16. The largest absolute Gasteiger partial charge is 0.493 e. The summed E-state index contributed by atoms with van der Waals surface area (Å²) >= 11 is 0. The van der Waals surface area contributed by atoms with E-state index in [0.29, 0.717) is 11.6 Å². The lowest BCUT2D eigenvalue weighted by Gasteiger charge is -2.22. The van der Waals surface area contributed by atoms with Crippen LogP contribution in [0.4, 0.5) is 0 Å². The first kappa shape index (κ1) is 12.9. The molecule has 1 aliphatic carbocycles. The summed E-state index contributed by atoms with van der Waals surface area (Å²) in [5, 5.41) is 12.1. The van der Waals surface area contributed by atoms with Gasteiger partial charge < -0.3 is 9.94 Å². The molecule has 2 rings (SSSR count). The van der Waals surface area contributed by atoms with Crippen LogP contribution in [0.2, 0.25) is 0 Å². The van der Waals surface area contributed by atoms with Gasteiger partial charge in [-0.1, -0.05) is 36.6 Å². The van der Waals surface area contributed by atoms with Gasteiger partial charge in [0.15, 0.2) is 0 Å². The molecule has 1 fully saturated rings. The average Bonchev–Trinajstić information content (AvgIpc) is 2.45. The number of ether oxygens (including phenoxy) is 1. The van der Waals surface area contributed by atoms with E-state index < -0.39 is 0 Å². The van der Waals surface area contributed by atoms with Crippen LogP contribution < -0.4 is 4.74 Å². The second-order valence-electron chi connectivity index (χ2n) is 5.00. The first-order chi connectivity index (χ1) is 8.81. The number of nitrogens with zero attached hydrogens (tertiary/aromatic N) is 1. The van der Waals surface area contributed by atoms with Crippen LogP contribution >= 0.6 is 0 Å². The third-order valence-electron chi connectivity index (χ3n) is 3.63. The summed E-state index contributed by atoms with van der Waals surface area (Å²) in [7, 11) is 0. The van der Waals surface area contributed by atoms with Gasteiger partial charge in [-0.15, -0.1) is 0 Å². The second-order valence-corrected chi connectivity index (χ2v) is 5.00. The molecule has 0 heterocycles. The molecule has 0 radical (unpaired) electrons. The Kier molecular flexibility index (Phi) is 4.62. The fraction of sp³-hybridized carbons (Fsp3) is 0.533. The van der Waals surface area contributed by atoms with E-state index in [1.165, 1.54) is 32.1 Å². The van der Waals surface area contributed by atoms with Crippen LogP contribution in [0.25, 0.3) is 0 Å². The number of oxime groups is 1. The monoisotopic (exact) mass is 247 g/mol. The molecule has 0 amide bonds. The minimum absolute atomic E-state index is 0.592. The molecule has 0 bridgehead atoms. The van der Waals surface area contributed by atoms with Crippen LogP contribution in [-0.4, -0.2) is 17.5 Å². The minimum Gasteiger partial charge on any atom is -0.493 e. The van der Waals surface area contributed by atoms with Crippen molar-refractivity contribution >= 4 is 5.71 Å². The first-order valence-electron chi connectivity index (χ1n) is 6.72. The highest BCUT2D eigenvalue weighted by atomic mass is 16.5. The topological polar surface area (TPSA) is 41.8 Å². The van der Waals surface area contributed by atoms with Crippen molar-refractivity contribution in [3.63, 3.8) is 0 Å². The maximum absolute atomic E-state index is 8.86. The van der Waals surface area contributed by atoms with Gasteiger partial charge in [0.05, 0.1) is 12.3 Å². The molecule has 0 atom stereocenters. The number of rotatable bonds is 4. The molecule has 0 saturated heterocycles. The summed E-state index contributed by atoms with van der Waals surface area (Å²) in [6.45, 7) is 2.55. The average molecular weight is 247 g/mol. The zero-order valence-corrected chi connectivity index (χ0v) is 10.9. The van der Waals surface area contributed by atoms with Gasteiger partial charge in [0.25, 0.3) is 0 Å². The number of benzene rings is 1. The molecule has 0 aliphatic heterocycles.